The number of hydrogen-bond donors (Lipinski definition) is 1. The van der Waals surface area contributed by atoms with Crippen LogP contribution in [-0.4, -0.2) is 40.4 Å². The van der Waals surface area contributed by atoms with Crippen molar-refractivity contribution in [2.75, 3.05) is 19.6 Å². The van der Waals surface area contributed by atoms with Crippen LogP contribution in [0.4, 0.5) is 0 Å². The van der Waals surface area contributed by atoms with Gasteiger partial charge in [0.1, 0.15) is 0 Å². The van der Waals surface area contributed by atoms with Crippen molar-refractivity contribution in [1.82, 2.24) is 14.7 Å². The van der Waals surface area contributed by atoms with E-state index in [1.54, 1.807) is 0 Å². The first-order valence-corrected chi connectivity index (χ1v) is 6.71. The molecule has 0 aliphatic carbocycles. The number of hydrogen-bond acceptors (Lipinski definition) is 3. The van der Waals surface area contributed by atoms with Gasteiger partial charge in [0.05, 0.1) is 6.20 Å². The van der Waals surface area contributed by atoms with E-state index < -0.39 is 0 Å². The number of nitrogens with zero attached hydrogens (tertiary/aromatic N) is 3. The molecule has 19 heavy (non-hydrogen) atoms. The highest BCUT2D eigenvalue weighted by molar-refractivity contribution is 5.85. The molecule has 1 unspecified atom stereocenters. The Hall–Kier alpha value is -0.290. The molecule has 1 atom stereocenters. The minimum absolute atomic E-state index is 0. The molecule has 0 saturated carbocycles. The first-order chi connectivity index (χ1) is 8.29. The van der Waals surface area contributed by atoms with Gasteiger partial charge in [-0.15, -0.1) is 24.8 Å². The van der Waals surface area contributed by atoms with Gasteiger partial charge in [0.15, 0.2) is 0 Å². The molecule has 2 N–H and O–H groups in total. The van der Waals surface area contributed by atoms with Gasteiger partial charge in [-0.1, -0.05) is 6.42 Å². The fourth-order valence-electron chi connectivity index (χ4n) is 2.75. The minimum atomic E-state index is 0. The summed E-state index contributed by atoms with van der Waals surface area (Å²) in [5.41, 5.74) is 7.03. The summed E-state index contributed by atoms with van der Waals surface area (Å²) in [6.07, 6.45) is 10.4. The molecule has 0 bridgehead atoms. The maximum absolute atomic E-state index is 5.69. The number of rotatable bonds is 5. The lowest BCUT2D eigenvalue weighted by atomic mass is 9.99. The van der Waals surface area contributed by atoms with E-state index in [0.717, 1.165) is 25.9 Å². The van der Waals surface area contributed by atoms with Crippen molar-refractivity contribution in [1.29, 1.82) is 0 Å². The van der Waals surface area contributed by atoms with Crippen molar-refractivity contribution >= 4 is 24.8 Å². The van der Waals surface area contributed by atoms with E-state index >= 15 is 0 Å². The first-order valence-electron chi connectivity index (χ1n) is 6.71. The van der Waals surface area contributed by atoms with Crippen molar-refractivity contribution in [2.45, 2.75) is 38.1 Å². The van der Waals surface area contributed by atoms with Crippen molar-refractivity contribution < 1.29 is 0 Å². The average molecular weight is 309 g/mol. The molecule has 0 amide bonds. The van der Waals surface area contributed by atoms with Gasteiger partial charge in [0, 0.05) is 25.8 Å². The smallest absolute Gasteiger partial charge is 0.0522 e. The van der Waals surface area contributed by atoms with Crippen LogP contribution in [0.5, 0.6) is 0 Å². The minimum Gasteiger partial charge on any atom is -0.330 e. The molecule has 1 fully saturated rings. The molecule has 4 nitrogen and oxygen atoms in total. The van der Waals surface area contributed by atoms with E-state index in [1.165, 1.54) is 31.4 Å². The Morgan fingerprint density at radius 3 is 2.79 bits per heavy atom. The van der Waals surface area contributed by atoms with Gasteiger partial charge in [-0.25, -0.2) is 0 Å². The summed E-state index contributed by atoms with van der Waals surface area (Å²) in [7, 11) is 1.97. The lowest BCUT2D eigenvalue weighted by molar-refractivity contribution is 0.144. The average Bonchev–Trinajstić information content (AvgIpc) is 2.74. The van der Waals surface area contributed by atoms with Gasteiger partial charge in [-0.2, -0.15) is 5.10 Å². The van der Waals surface area contributed by atoms with Gasteiger partial charge >= 0.3 is 0 Å². The zero-order valence-electron chi connectivity index (χ0n) is 11.6. The van der Waals surface area contributed by atoms with Gasteiger partial charge in [-0.05, 0) is 44.3 Å². The molecule has 1 aliphatic heterocycles. The molecule has 1 saturated heterocycles. The van der Waals surface area contributed by atoms with Gasteiger partial charge in [0.25, 0.3) is 0 Å². The zero-order valence-corrected chi connectivity index (χ0v) is 13.3. The molecule has 6 heteroatoms. The highest BCUT2D eigenvalue weighted by atomic mass is 35.5. The Bertz CT molecular complexity index is 341. The number of piperidine rings is 1. The summed E-state index contributed by atoms with van der Waals surface area (Å²) >= 11 is 0. The molecule has 1 aromatic heterocycles. The van der Waals surface area contributed by atoms with E-state index in [4.69, 9.17) is 5.73 Å². The number of aryl methyl sites for hydroxylation is 1. The van der Waals surface area contributed by atoms with Crippen molar-refractivity contribution in [2.24, 2.45) is 12.8 Å². The predicted molar refractivity (Wildman–Crippen MR) is 84.3 cm³/mol. The fourth-order valence-corrected chi connectivity index (χ4v) is 2.75. The van der Waals surface area contributed by atoms with Gasteiger partial charge < -0.3 is 10.6 Å². The summed E-state index contributed by atoms with van der Waals surface area (Å²) < 4.78 is 1.88. The first kappa shape index (κ1) is 18.7. The summed E-state index contributed by atoms with van der Waals surface area (Å²) in [6.45, 7) is 3.20. The van der Waals surface area contributed by atoms with Crippen LogP contribution >= 0.6 is 24.8 Å². The SMILES string of the molecule is Cl.Cl.Cn1cc(CCN2CCCCC2CCN)cn1. The van der Waals surface area contributed by atoms with E-state index in [2.05, 4.69) is 16.2 Å². The largest absolute Gasteiger partial charge is 0.330 e. The molecule has 1 aliphatic rings. The summed E-state index contributed by atoms with van der Waals surface area (Å²) in [6, 6.07) is 0.713. The Kier molecular flexibility index (Phi) is 9.44. The molecular formula is C13H26Cl2N4. The molecule has 1 aromatic rings. The van der Waals surface area contributed by atoms with E-state index in [0.29, 0.717) is 6.04 Å². The monoisotopic (exact) mass is 308 g/mol. The highest BCUT2D eigenvalue weighted by Gasteiger charge is 2.21. The third kappa shape index (κ3) is 5.69. The second-order valence-electron chi connectivity index (χ2n) is 5.04. The number of likely N-dealkylation sites (tertiary alicyclic amines) is 1. The van der Waals surface area contributed by atoms with Crippen LogP contribution in [0, 0.1) is 0 Å². The van der Waals surface area contributed by atoms with Crippen LogP contribution in [0.2, 0.25) is 0 Å². The lowest BCUT2D eigenvalue weighted by Crippen LogP contribution is -2.41. The van der Waals surface area contributed by atoms with Crippen LogP contribution < -0.4 is 5.73 Å². The van der Waals surface area contributed by atoms with E-state index in [9.17, 15) is 0 Å². The van der Waals surface area contributed by atoms with E-state index in [-0.39, 0.29) is 24.8 Å². The van der Waals surface area contributed by atoms with Gasteiger partial charge in [0.2, 0.25) is 0 Å². The van der Waals surface area contributed by atoms with Crippen LogP contribution in [0.3, 0.4) is 0 Å². The molecular weight excluding hydrogens is 283 g/mol. The van der Waals surface area contributed by atoms with Crippen LogP contribution in [0.1, 0.15) is 31.2 Å². The second-order valence-corrected chi connectivity index (χ2v) is 5.04. The number of nitrogens with two attached hydrogens (primary N) is 1. The molecule has 0 aromatic carbocycles. The molecule has 0 spiro atoms. The van der Waals surface area contributed by atoms with Crippen LogP contribution in [0.25, 0.3) is 0 Å². The van der Waals surface area contributed by atoms with Crippen LogP contribution in [0.15, 0.2) is 12.4 Å². The van der Waals surface area contributed by atoms with E-state index in [1.807, 2.05) is 17.9 Å². The van der Waals surface area contributed by atoms with Crippen molar-refractivity contribution in [3.63, 3.8) is 0 Å². The summed E-state index contributed by atoms with van der Waals surface area (Å²) in [4.78, 5) is 2.61. The summed E-state index contributed by atoms with van der Waals surface area (Å²) in [5, 5.41) is 4.21. The second kappa shape index (κ2) is 9.59. The topological polar surface area (TPSA) is 47.1 Å². The normalized spacial score (nSPS) is 19.6. The van der Waals surface area contributed by atoms with Crippen LogP contribution in [-0.2, 0) is 13.5 Å². The summed E-state index contributed by atoms with van der Waals surface area (Å²) in [5.74, 6) is 0. The number of halogens is 2. The third-order valence-electron chi connectivity index (χ3n) is 3.70. The Balaban J connectivity index is 0.00000162. The predicted octanol–water partition coefficient (Wildman–Crippen LogP) is 2.01. The molecule has 112 valence electrons. The van der Waals surface area contributed by atoms with Gasteiger partial charge in [-0.3, -0.25) is 4.68 Å². The zero-order chi connectivity index (χ0) is 12.1. The molecule has 2 heterocycles. The third-order valence-corrected chi connectivity index (χ3v) is 3.70. The lowest BCUT2D eigenvalue weighted by Gasteiger charge is -2.35. The molecule has 2 rings (SSSR count). The highest BCUT2D eigenvalue weighted by Crippen LogP contribution is 2.19. The Morgan fingerprint density at radius 2 is 2.16 bits per heavy atom. The maximum Gasteiger partial charge on any atom is 0.0522 e. The standard InChI is InChI=1S/C13H24N4.2ClH/c1-16-11-12(10-15-16)6-9-17-8-3-2-4-13(17)5-7-14;;/h10-11,13H,2-9,14H2,1H3;2*1H. The molecule has 0 radical (unpaired) electrons. The number of aromatic nitrogens is 2. The Morgan fingerprint density at radius 1 is 1.37 bits per heavy atom. The van der Waals surface area contributed by atoms with Crippen molar-refractivity contribution in [3.05, 3.63) is 18.0 Å². The Labute approximate surface area is 128 Å². The fraction of sp³-hybridized carbons (Fsp3) is 0.769. The quantitative estimate of drug-likeness (QED) is 0.905. The van der Waals surface area contributed by atoms with Crippen molar-refractivity contribution in [3.8, 4) is 0 Å². The maximum atomic E-state index is 5.69.